The van der Waals surface area contributed by atoms with Gasteiger partial charge in [-0.15, -0.1) is 0 Å². The predicted molar refractivity (Wildman–Crippen MR) is 142 cm³/mol. The van der Waals surface area contributed by atoms with Crippen molar-refractivity contribution in [2.75, 3.05) is 19.1 Å². The number of nitrogens with zero attached hydrogens (tertiary/aromatic N) is 5. The number of benzene rings is 2. The molecule has 0 spiro atoms. The number of imidazole rings is 1. The summed E-state index contributed by atoms with van der Waals surface area (Å²) in [7, 11) is 4.53. The van der Waals surface area contributed by atoms with Gasteiger partial charge in [0.2, 0.25) is 5.95 Å². The molecule has 4 aromatic rings. The minimum Gasteiger partial charge on any atom is -0.497 e. The quantitative estimate of drug-likeness (QED) is 0.263. The second kappa shape index (κ2) is 10.7. The summed E-state index contributed by atoms with van der Waals surface area (Å²) in [5.74, 6) is 1.56. The normalized spacial score (nSPS) is 12.5. The molecule has 0 saturated heterocycles. The lowest BCUT2D eigenvalue weighted by molar-refractivity contribution is 0.0938. The number of aryl methyl sites for hydroxylation is 2. The fourth-order valence-corrected chi connectivity index (χ4v) is 3.90. The third kappa shape index (κ3) is 5.41. The van der Waals surface area contributed by atoms with Crippen LogP contribution in [0.4, 0.5) is 5.95 Å². The van der Waals surface area contributed by atoms with E-state index in [9.17, 15) is 14.7 Å². The number of nitrogens with one attached hydrogen (secondary N) is 1. The molecule has 1 unspecified atom stereocenters. The zero-order valence-electron chi connectivity index (χ0n) is 21.4. The van der Waals surface area contributed by atoms with Crippen LogP contribution in [0.1, 0.15) is 18.1 Å². The van der Waals surface area contributed by atoms with Crippen LogP contribution < -0.4 is 26.1 Å². The van der Waals surface area contributed by atoms with Gasteiger partial charge in [0.05, 0.1) is 19.4 Å². The van der Waals surface area contributed by atoms with Crippen molar-refractivity contribution in [3.63, 3.8) is 0 Å². The Labute approximate surface area is 213 Å². The van der Waals surface area contributed by atoms with E-state index in [4.69, 9.17) is 9.47 Å². The lowest BCUT2D eigenvalue weighted by atomic mass is 10.1. The average molecular weight is 507 g/mol. The van der Waals surface area contributed by atoms with Crippen molar-refractivity contribution in [2.24, 2.45) is 19.2 Å². The molecular formula is C26H30N6O5. The first-order chi connectivity index (χ1) is 17.7. The van der Waals surface area contributed by atoms with E-state index in [0.29, 0.717) is 11.5 Å². The number of aromatic nitrogens is 4. The van der Waals surface area contributed by atoms with Gasteiger partial charge in [0.1, 0.15) is 24.2 Å². The Hall–Kier alpha value is -4.38. The van der Waals surface area contributed by atoms with Gasteiger partial charge in [0.25, 0.3) is 5.56 Å². The highest BCUT2D eigenvalue weighted by Gasteiger charge is 2.21. The molecule has 0 fully saturated rings. The molecule has 1 atom stereocenters. The van der Waals surface area contributed by atoms with Crippen molar-refractivity contribution in [3.8, 4) is 11.5 Å². The van der Waals surface area contributed by atoms with Crippen LogP contribution in [0.5, 0.6) is 11.5 Å². The molecule has 2 heterocycles. The Kier molecular flexibility index (Phi) is 7.44. The number of hydrazone groups is 1. The maximum Gasteiger partial charge on any atom is 0.332 e. The standard InChI is InChI=1S/C26H30N6O5/c1-16-7-6-8-21(13-16)37-15-19(33)14-32-22-23(30(3)26(35)31(4)24(22)34)27-25(32)29-28-17(2)18-9-11-20(36-5)12-10-18/h6-13,19,33H,14-15H2,1-5H3,(H,27,29). The van der Waals surface area contributed by atoms with Crippen molar-refractivity contribution in [2.45, 2.75) is 26.5 Å². The average Bonchev–Trinajstić information content (AvgIpc) is 3.26. The third-order valence-corrected chi connectivity index (χ3v) is 6.00. The molecule has 2 aromatic carbocycles. The van der Waals surface area contributed by atoms with E-state index in [-0.39, 0.29) is 30.3 Å². The topological polar surface area (TPSA) is 125 Å². The highest BCUT2D eigenvalue weighted by atomic mass is 16.5. The second-order valence-electron chi connectivity index (χ2n) is 8.74. The van der Waals surface area contributed by atoms with Crippen molar-refractivity contribution in [1.29, 1.82) is 0 Å². The van der Waals surface area contributed by atoms with Crippen LogP contribution in [-0.2, 0) is 20.6 Å². The number of rotatable bonds is 9. The second-order valence-corrected chi connectivity index (χ2v) is 8.74. The molecule has 2 N–H and O–H groups in total. The van der Waals surface area contributed by atoms with Crippen LogP contribution in [0.2, 0.25) is 0 Å². The lowest BCUT2D eigenvalue weighted by Crippen LogP contribution is -2.38. The minimum atomic E-state index is -0.980. The number of fused-ring (bicyclic) bond motifs is 1. The zero-order chi connectivity index (χ0) is 26.7. The van der Waals surface area contributed by atoms with Gasteiger partial charge in [-0.3, -0.25) is 13.9 Å². The van der Waals surface area contributed by atoms with Gasteiger partial charge in [0.15, 0.2) is 11.2 Å². The lowest BCUT2D eigenvalue weighted by Gasteiger charge is -2.15. The molecule has 11 heteroatoms. The van der Waals surface area contributed by atoms with E-state index in [1.54, 1.807) is 7.11 Å². The van der Waals surface area contributed by atoms with Gasteiger partial charge in [-0.05, 0) is 61.4 Å². The van der Waals surface area contributed by atoms with Gasteiger partial charge in [-0.1, -0.05) is 12.1 Å². The van der Waals surface area contributed by atoms with Crippen molar-refractivity contribution in [3.05, 3.63) is 80.5 Å². The molecule has 0 aliphatic carbocycles. The fraction of sp³-hybridized carbons (Fsp3) is 0.308. The highest BCUT2D eigenvalue weighted by Crippen LogP contribution is 2.18. The van der Waals surface area contributed by atoms with Crippen LogP contribution in [-0.4, -0.2) is 49.3 Å². The Balaban J connectivity index is 1.67. The molecule has 194 valence electrons. The summed E-state index contributed by atoms with van der Waals surface area (Å²) in [5, 5.41) is 15.2. The van der Waals surface area contributed by atoms with E-state index in [1.165, 1.54) is 23.2 Å². The summed E-state index contributed by atoms with van der Waals surface area (Å²) in [4.78, 5) is 30.0. The van der Waals surface area contributed by atoms with E-state index in [2.05, 4.69) is 15.5 Å². The van der Waals surface area contributed by atoms with Gasteiger partial charge in [-0.25, -0.2) is 10.2 Å². The van der Waals surface area contributed by atoms with Crippen LogP contribution in [0.15, 0.2) is 63.2 Å². The maximum atomic E-state index is 13.1. The van der Waals surface area contributed by atoms with Crippen molar-refractivity contribution < 1.29 is 14.6 Å². The number of aliphatic hydroxyl groups is 1. The summed E-state index contributed by atoms with van der Waals surface area (Å²) in [5.41, 5.74) is 4.76. The molecule has 0 saturated carbocycles. The van der Waals surface area contributed by atoms with Gasteiger partial charge < -0.3 is 19.1 Å². The fourth-order valence-electron chi connectivity index (χ4n) is 3.90. The summed E-state index contributed by atoms with van der Waals surface area (Å²) >= 11 is 0. The molecule has 0 bridgehead atoms. The van der Waals surface area contributed by atoms with Crippen molar-refractivity contribution in [1.82, 2.24) is 18.7 Å². The number of methoxy groups -OCH3 is 1. The summed E-state index contributed by atoms with van der Waals surface area (Å²) < 4.78 is 14.8. The van der Waals surface area contributed by atoms with Gasteiger partial charge in [-0.2, -0.15) is 10.1 Å². The molecule has 11 nitrogen and oxygen atoms in total. The zero-order valence-corrected chi connectivity index (χ0v) is 21.4. The summed E-state index contributed by atoms with van der Waals surface area (Å²) in [6.07, 6.45) is -0.980. The molecule has 0 aliphatic heterocycles. The van der Waals surface area contributed by atoms with E-state index in [1.807, 2.05) is 62.4 Å². The predicted octanol–water partition coefficient (Wildman–Crippen LogP) is 2.03. The van der Waals surface area contributed by atoms with E-state index in [0.717, 1.165) is 21.4 Å². The molecule has 2 aromatic heterocycles. The molecule has 0 radical (unpaired) electrons. The first kappa shape index (κ1) is 25.7. The van der Waals surface area contributed by atoms with Gasteiger partial charge in [0, 0.05) is 14.1 Å². The number of ether oxygens (including phenoxy) is 2. The van der Waals surface area contributed by atoms with Crippen LogP contribution in [0, 0.1) is 6.92 Å². The Morgan fingerprint density at radius 2 is 1.84 bits per heavy atom. The van der Waals surface area contributed by atoms with E-state index >= 15 is 0 Å². The first-order valence-corrected chi connectivity index (χ1v) is 11.7. The smallest absolute Gasteiger partial charge is 0.332 e. The van der Waals surface area contributed by atoms with Crippen LogP contribution in [0.25, 0.3) is 11.2 Å². The number of anilines is 1. The molecule has 4 rings (SSSR count). The maximum absolute atomic E-state index is 13.1. The molecule has 37 heavy (non-hydrogen) atoms. The number of hydrogen-bond acceptors (Lipinski definition) is 8. The van der Waals surface area contributed by atoms with E-state index < -0.39 is 17.4 Å². The summed E-state index contributed by atoms with van der Waals surface area (Å²) in [6, 6.07) is 14.9. The Morgan fingerprint density at radius 1 is 1.11 bits per heavy atom. The molecular weight excluding hydrogens is 476 g/mol. The SMILES string of the molecule is COc1ccc(C(C)=NNc2nc3c(c(=O)n(C)c(=O)n3C)n2CC(O)COc2cccc(C)c2)cc1. The largest absolute Gasteiger partial charge is 0.497 e. The number of aliphatic hydroxyl groups excluding tert-OH is 1. The highest BCUT2D eigenvalue weighted by molar-refractivity contribution is 5.99. The van der Waals surface area contributed by atoms with Crippen LogP contribution in [0.3, 0.4) is 0 Å². The Bertz CT molecular complexity index is 1570. The number of hydrogen-bond donors (Lipinski definition) is 2. The Morgan fingerprint density at radius 3 is 2.51 bits per heavy atom. The minimum absolute atomic E-state index is 0.0111. The monoisotopic (exact) mass is 506 g/mol. The van der Waals surface area contributed by atoms with Gasteiger partial charge >= 0.3 is 5.69 Å². The van der Waals surface area contributed by atoms with Crippen LogP contribution >= 0.6 is 0 Å². The molecule has 0 amide bonds. The molecule has 0 aliphatic rings. The van der Waals surface area contributed by atoms with Crippen molar-refractivity contribution >= 4 is 22.8 Å². The first-order valence-electron chi connectivity index (χ1n) is 11.7. The summed E-state index contributed by atoms with van der Waals surface area (Å²) in [6.45, 7) is 3.74. The third-order valence-electron chi connectivity index (χ3n) is 6.00.